The lowest BCUT2D eigenvalue weighted by Gasteiger charge is -2.34. The van der Waals surface area contributed by atoms with Crippen molar-refractivity contribution in [1.29, 1.82) is 0 Å². The van der Waals surface area contributed by atoms with Gasteiger partial charge in [0.25, 0.3) is 0 Å². The zero-order valence-electron chi connectivity index (χ0n) is 10.0. The molecule has 1 saturated heterocycles. The standard InChI is InChI=1S/C11H16N2O3S/c1-8-12-9(7-17-8)10-5-16-4-3-13(10)11(14)6-15-2/h7,10H,3-6H2,1-2H3/t10-/m0/s1. The SMILES string of the molecule is COCC(=O)N1CCOC[C@H]1c1csc(C)n1. The predicted molar refractivity (Wildman–Crippen MR) is 64.0 cm³/mol. The highest BCUT2D eigenvalue weighted by atomic mass is 32.1. The number of amides is 1. The van der Waals surface area contributed by atoms with Crippen LogP contribution in [0.15, 0.2) is 5.38 Å². The summed E-state index contributed by atoms with van der Waals surface area (Å²) in [7, 11) is 1.53. The van der Waals surface area contributed by atoms with Gasteiger partial charge in [-0.05, 0) is 6.92 Å². The summed E-state index contributed by atoms with van der Waals surface area (Å²) >= 11 is 1.59. The van der Waals surface area contributed by atoms with E-state index in [1.165, 1.54) is 7.11 Å². The number of morpholine rings is 1. The molecule has 1 aliphatic rings. The van der Waals surface area contributed by atoms with Crippen LogP contribution >= 0.6 is 11.3 Å². The Morgan fingerprint density at radius 3 is 3.24 bits per heavy atom. The number of thiazole rings is 1. The average Bonchev–Trinajstić information content (AvgIpc) is 2.76. The number of nitrogens with zero attached hydrogens (tertiary/aromatic N) is 2. The van der Waals surface area contributed by atoms with E-state index in [0.717, 1.165) is 10.7 Å². The number of ether oxygens (including phenoxy) is 2. The Labute approximate surface area is 104 Å². The van der Waals surface area contributed by atoms with Crippen LogP contribution in [0.2, 0.25) is 0 Å². The molecule has 0 N–H and O–H groups in total. The Morgan fingerprint density at radius 2 is 2.59 bits per heavy atom. The number of hydrogen-bond acceptors (Lipinski definition) is 5. The third-order valence-electron chi connectivity index (χ3n) is 2.69. The molecule has 0 radical (unpaired) electrons. The zero-order chi connectivity index (χ0) is 12.3. The van der Waals surface area contributed by atoms with Crippen molar-refractivity contribution in [2.75, 3.05) is 33.5 Å². The van der Waals surface area contributed by atoms with Gasteiger partial charge in [-0.1, -0.05) is 0 Å². The second kappa shape index (κ2) is 5.57. The lowest BCUT2D eigenvalue weighted by atomic mass is 10.1. The van der Waals surface area contributed by atoms with Crippen molar-refractivity contribution < 1.29 is 14.3 Å². The summed E-state index contributed by atoms with van der Waals surface area (Å²) in [6.07, 6.45) is 0. The van der Waals surface area contributed by atoms with Gasteiger partial charge >= 0.3 is 0 Å². The molecule has 0 saturated carbocycles. The van der Waals surface area contributed by atoms with Gasteiger partial charge in [0.2, 0.25) is 5.91 Å². The molecular formula is C11H16N2O3S. The number of hydrogen-bond donors (Lipinski definition) is 0. The molecule has 0 unspecified atom stereocenters. The number of rotatable bonds is 3. The van der Waals surface area contributed by atoms with Crippen LogP contribution in [0.4, 0.5) is 0 Å². The first-order valence-electron chi connectivity index (χ1n) is 5.50. The van der Waals surface area contributed by atoms with Gasteiger partial charge in [0.1, 0.15) is 6.61 Å². The molecule has 1 aromatic rings. The van der Waals surface area contributed by atoms with Crippen LogP contribution in [0, 0.1) is 6.92 Å². The minimum Gasteiger partial charge on any atom is -0.377 e. The van der Waals surface area contributed by atoms with Crippen LogP contribution in [0.25, 0.3) is 0 Å². The molecule has 1 aromatic heterocycles. The minimum atomic E-state index is -0.0728. The maximum Gasteiger partial charge on any atom is 0.249 e. The average molecular weight is 256 g/mol. The van der Waals surface area contributed by atoms with Gasteiger partial charge < -0.3 is 14.4 Å². The molecule has 17 heavy (non-hydrogen) atoms. The van der Waals surface area contributed by atoms with Crippen LogP contribution in [0.5, 0.6) is 0 Å². The van der Waals surface area contributed by atoms with Gasteiger partial charge in [-0.3, -0.25) is 4.79 Å². The van der Waals surface area contributed by atoms with Crippen molar-refractivity contribution in [2.45, 2.75) is 13.0 Å². The summed E-state index contributed by atoms with van der Waals surface area (Å²) in [6.45, 7) is 3.76. The highest BCUT2D eigenvalue weighted by Crippen LogP contribution is 2.25. The van der Waals surface area contributed by atoms with Crippen molar-refractivity contribution in [3.05, 3.63) is 16.1 Å². The molecule has 1 atom stereocenters. The normalized spacial score (nSPS) is 20.6. The van der Waals surface area contributed by atoms with Crippen molar-refractivity contribution in [3.63, 3.8) is 0 Å². The maximum absolute atomic E-state index is 11.9. The molecule has 1 fully saturated rings. The Kier molecular flexibility index (Phi) is 4.09. The number of aromatic nitrogens is 1. The maximum atomic E-state index is 11.9. The molecule has 6 heteroatoms. The highest BCUT2D eigenvalue weighted by molar-refractivity contribution is 7.09. The van der Waals surface area contributed by atoms with E-state index in [9.17, 15) is 4.79 Å². The van der Waals surface area contributed by atoms with E-state index in [-0.39, 0.29) is 18.6 Å². The molecule has 0 aromatic carbocycles. The van der Waals surface area contributed by atoms with E-state index >= 15 is 0 Å². The van der Waals surface area contributed by atoms with Crippen molar-refractivity contribution in [3.8, 4) is 0 Å². The Balaban J connectivity index is 2.14. The quantitative estimate of drug-likeness (QED) is 0.809. The summed E-state index contributed by atoms with van der Waals surface area (Å²) in [5.74, 6) is -0.00791. The molecule has 94 valence electrons. The van der Waals surface area contributed by atoms with E-state index in [1.54, 1.807) is 16.2 Å². The molecular weight excluding hydrogens is 240 g/mol. The van der Waals surface area contributed by atoms with E-state index < -0.39 is 0 Å². The second-order valence-corrected chi connectivity index (χ2v) is 4.96. The van der Waals surface area contributed by atoms with Crippen LogP contribution in [-0.2, 0) is 14.3 Å². The Morgan fingerprint density at radius 1 is 1.76 bits per heavy atom. The first-order valence-corrected chi connectivity index (χ1v) is 6.38. The van der Waals surface area contributed by atoms with Crippen molar-refractivity contribution in [1.82, 2.24) is 9.88 Å². The molecule has 0 aliphatic carbocycles. The lowest BCUT2D eigenvalue weighted by molar-refractivity contribution is -0.144. The first-order chi connectivity index (χ1) is 8.22. The smallest absolute Gasteiger partial charge is 0.249 e. The molecule has 0 bridgehead atoms. The summed E-state index contributed by atoms with van der Waals surface area (Å²) < 4.78 is 10.3. The third-order valence-corrected chi connectivity index (χ3v) is 3.49. The number of carbonyl (C=O) groups excluding carboxylic acids is 1. The summed E-state index contributed by atoms with van der Waals surface area (Å²) in [4.78, 5) is 18.1. The largest absolute Gasteiger partial charge is 0.377 e. The van der Waals surface area contributed by atoms with E-state index in [1.807, 2.05) is 12.3 Å². The van der Waals surface area contributed by atoms with Gasteiger partial charge in [0.05, 0.1) is 30.0 Å². The Hall–Kier alpha value is -0.980. The lowest BCUT2D eigenvalue weighted by Crippen LogP contribution is -2.45. The predicted octanol–water partition coefficient (Wildman–Crippen LogP) is 0.998. The summed E-state index contributed by atoms with van der Waals surface area (Å²) in [5, 5.41) is 2.99. The molecule has 2 heterocycles. The monoisotopic (exact) mass is 256 g/mol. The fraction of sp³-hybridized carbons (Fsp3) is 0.636. The van der Waals surface area contributed by atoms with Gasteiger partial charge in [-0.25, -0.2) is 4.98 Å². The number of methoxy groups -OCH3 is 1. The van der Waals surface area contributed by atoms with Crippen molar-refractivity contribution in [2.24, 2.45) is 0 Å². The van der Waals surface area contributed by atoms with Crippen molar-refractivity contribution >= 4 is 17.2 Å². The number of carbonyl (C=O) groups is 1. The van der Waals surface area contributed by atoms with E-state index in [0.29, 0.717) is 19.8 Å². The molecule has 1 aliphatic heterocycles. The fourth-order valence-electron chi connectivity index (χ4n) is 1.89. The second-order valence-electron chi connectivity index (χ2n) is 3.90. The zero-order valence-corrected chi connectivity index (χ0v) is 10.8. The Bertz CT molecular complexity index is 394. The van der Waals surface area contributed by atoms with Crippen LogP contribution in [0.1, 0.15) is 16.7 Å². The molecule has 5 nitrogen and oxygen atoms in total. The van der Waals surface area contributed by atoms with E-state index in [4.69, 9.17) is 9.47 Å². The summed E-state index contributed by atoms with van der Waals surface area (Å²) in [5.41, 5.74) is 0.914. The number of aryl methyl sites for hydroxylation is 1. The first kappa shape index (κ1) is 12.5. The minimum absolute atomic E-state index is 0.00791. The van der Waals surface area contributed by atoms with Crippen LogP contribution < -0.4 is 0 Å². The van der Waals surface area contributed by atoms with Gasteiger partial charge in [-0.2, -0.15) is 0 Å². The van der Waals surface area contributed by atoms with E-state index in [2.05, 4.69) is 4.98 Å². The molecule has 0 spiro atoms. The highest BCUT2D eigenvalue weighted by Gasteiger charge is 2.29. The molecule has 2 rings (SSSR count). The fourth-order valence-corrected chi connectivity index (χ4v) is 2.55. The topological polar surface area (TPSA) is 51.7 Å². The van der Waals surface area contributed by atoms with Crippen LogP contribution in [-0.4, -0.2) is 49.3 Å². The van der Waals surface area contributed by atoms with Crippen LogP contribution in [0.3, 0.4) is 0 Å². The van der Waals surface area contributed by atoms with Gasteiger partial charge in [0.15, 0.2) is 0 Å². The van der Waals surface area contributed by atoms with Gasteiger partial charge in [-0.15, -0.1) is 11.3 Å². The summed E-state index contributed by atoms with van der Waals surface area (Å²) in [6, 6.07) is -0.0728. The third kappa shape index (κ3) is 2.83. The van der Waals surface area contributed by atoms with Gasteiger partial charge in [0, 0.05) is 19.0 Å². The molecule has 1 amide bonds.